The molecule has 1 aliphatic heterocycles. The molecule has 8 heteroatoms. The van der Waals surface area contributed by atoms with E-state index in [1.165, 1.54) is 19.1 Å². The summed E-state index contributed by atoms with van der Waals surface area (Å²) < 4.78 is 24.7. The number of methoxy groups -OCH3 is 1. The summed E-state index contributed by atoms with van der Waals surface area (Å²) in [5, 5.41) is 8.29. The van der Waals surface area contributed by atoms with Crippen molar-refractivity contribution in [1.82, 2.24) is 15.1 Å². The second kappa shape index (κ2) is 9.56. The van der Waals surface area contributed by atoms with E-state index in [-0.39, 0.29) is 11.6 Å². The van der Waals surface area contributed by atoms with E-state index in [0.29, 0.717) is 29.6 Å². The maximum Gasteiger partial charge on any atom is 0.163 e. The quantitative estimate of drug-likeness (QED) is 0.538. The Bertz CT molecular complexity index is 1090. The molecule has 1 fully saturated rings. The van der Waals surface area contributed by atoms with Crippen LogP contribution in [0.2, 0.25) is 0 Å². The largest absolute Gasteiger partial charge is 0.496 e. The van der Waals surface area contributed by atoms with Crippen LogP contribution in [0.5, 0.6) is 11.5 Å². The number of fused-ring (bicyclic) bond motifs is 1. The molecule has 0 unspecified atom stereocenters. The summed E-state index contributed by atoms with van der Waals surface area (Å²) in [6.45, 7) is 8.81. The molecular formula is C24H29FN4O3. The first-order chi connectivity index (χ1) is 15.4. The number of halogens is 1. The molecular weight excluding hydrogens is 411 g/mol. The Morgan fingerprint density at radius 2 is 1.97 bits per heavy atom. The highest BCUT2D eigenvalue weighted by atomic mass is 19.1. The predicted octanol–water partition coefficient (Wildman–Crippen LogP) is 3.75. The lowest BCUT2D eigenvalue weighted by Gasteiger charge is -2.36. The molecule has 1 aliphatic rings. The molecule has 4 rings (SSSR count). The zero-order valence-corrected chi connectivity index (χ0v) is 18.7. The van der Waals surface area contributed by atoms with Gasteiger partial charge in [0.1, 0.15) is 17.3 Å². The second-order valence-corrected chi connectivity index (χ2v) is 8.36. The van der Waals surface area contributed by atoms with Crippen molar-refractivity contribution in [3.8, 4) is 11.5 Å². The summed E-state index contributed by atoms with van der Waals surface area (Å²) in [6, 6.07) is 10.1. The minimum atomic E-state index is -0.262. The molecule has 170 valence electrons. The van der Waals surface area contributed by atoms with Crippen molar-refractivity contribution in [1.29, 1.82) is 0 Å². The molecule has 2 aromatic carbocycles. The first-order valence-electron chi connectivity index (χ1n) is 10.9. The van der Waals surface area contributed by atoms with Crippen LogP contribution in [-0.2, 0) is 0 Å². The number of nitrogens with zero attached hydrogens (tertiary/aromatic N) is 3. The highest BCUT2D eigenvalue weighted by Gasteiger charge is 2.22. The molecule has 0 bridgehead atoms. The topological polar surface area (TPSA) is 70.7 Å². The van der Waals surface area contributed by atoms with E-state index in [0.717, 1.165) is 49.4 Å². The van der Waals surface area contributed by atoms with Crippen LogP contribution in [-0.4, -0.2) is 67.3 Å². The maximum absolute atomic E-state index is 13.4. The zero-order chi connectivity index (χ0) is 22.7. The number of anilines is 1. The fraction of sp³-hybridized carbons (Fsp3) is 0.417. The Morgan fingerprint density at radius 3 is 2.69 bits per heavy atom. The van der Waals surface area contributed by atoms with E-state index in [2.05, 4.69) is 26.9 Å². The van der Waals surface area contributed by atoms with E-state index in [9.17, 15) is 9.18 Å². The summed E-state index contributed by atoms with van der Waals surface area (Å²) in [4.78, 5) is 16.3. The zero-order valence-electron chi connectivity index (χ0n) is 18.7. The van der Waals surface area contributed by atoms with Gasteiger partial charge in [0, 0.05) is 50.1 Å². The summed E-state index contributed by atoms with van der Waals surface area (Å²) in [7, 11) is 1.55. The highest BCUT2D eigenvalue weighted by Crippen LogP contribution is 2.27. The fourth-order valence-electron chi connectivity index (χ4n) is 4.14. The number of Topliss-reactive ketones (excluding diaryl/α,β-unsaturated/α-hetero) is 1. The molecule has 7 nitrogen and oxygen atoms in total. The third kappa shape index (κ3) is 4.85. The summed E-state index contributed by atoms with van der Waals surface area (Å²) >= 11 is 0. The smallest absolute Gasteiger partial charge is 0.163 e. The molecule has 1 saturated heterocycles. The number of piperazine rings is 1. The lowest BCUT2D eigenvalue weighted by molar-refractivity contribution is 0.101. The van der Waals surface area contributed by atoms with Gasteiger partial charge in [0.25, 0.3) is 0 Å². The van der Waals surface area contributed by atoms with Crippen molar-refractivity contribution in [2.24, 2.45) is 5.92 Å². The van der Waals surface area contributed by atoms with Crippen LogP contribution in [0.15, 0.2) is 36.4 Å². The minimum Gasteiger partial charge on any atom is -0.496 e. The third-order valence-corrected chi connectivity index (χ3v) is 5.83. The number of hydrogen-bond donors (Lipinski definition) is 1. The van der Waals surface area contributed by atoms with Gasteiger partial charge in [0.05, 0.1) is 24.8 Å². The number of carbonyl (C=O) groups excluding carboxylic acids is 1. The average Bonchev–Trinajstić information content (AvgIpc) is 3.20. The van der Waals surface area contributed by atoms with E-state index in [1.807, 2.05) is 6.07 Å². The van der Waals surface area contributed by atoms with Gasteiger partial charge in [-0.1, -0.05) is 6.92 Å². The van der Waals surface area contributed by atoms with E-state index < -0.39 is 0 Å². The number of hydrogen-bond acceptors (Lipinski definition) is 6. The number of aromatic amines is 1. The maximum atomic E-state index is 13.4. The van der Waals surface area contributed by atoms with Crippen LogP contribution in [0.25, 0.3) is 10.9 Å². The summed E-state index contributed by atoms with van der Waals surface area (Å²) in [5.41, 5.74) is 1.28. The van der Waals surface area contributed by atoms with Crippen molar-refractivity contribution in [3.63, 3.8) is 0 Å². The van der Waals surface area contributed by atoms with Gasteiger partial charge in [-0.3, -0.25) is 14.8 Å². The average molecular weight is 441 g/mol. The molecule has 2 heterocycles. The van der Waals surface area contributed by atoms with Crippen molar-refractivity contribution < 1.29 is 18.7 Å². The van der Waals surface area contributed by atoms with Crippen molar-refractivity contribution in [3.05, 3.63) is 47.8 Å². The van der Waals surface area contributed by atoms with Crippen LogP contribution < -0.4 is 14.4 Å². The minimum absolute atomic E-state index is 0.0316. The van der Waals surface area contributed by atoms with Crippen molar-refractivity contribution in [2.45, 2.75) is 13.8 Å². The predicted molar refractivity (Wildman–Crippen MR) is 122 cm³/mol. The molecule has 0 amide bonds. The highest BCUT2D eigenvalue weighted by molar-refractivity contribution is 5.97. The lowest BCUT2D eigenvalue weighted by atomic mass is 10.1. The lowest BCUT2D eigenvalue weighted by Crippen LogP contribution is -2.48. The third-order valence-electron chi connectivity index (χ3n) is 5.83. The number of H-pyrrole nitrogens is 1. The Balaban J connectivity index is 1.27. The van der Waals surface area contributed by atoms with E-state index >= 15 is 0 Å². The number of ketones is 1. The number of rotatable bonds is 8. The number of ether oxygens (including phenoxy) is 2. The van der Waals surface area contributed by atoms with Gasteiger partial charge in [-0.25, -0.2) is 4.39 Å². The molecule has 0 spiro atoms. The number of nitrogens with one attached hydrogen (secondary N) is 1. The van der Waals surface area contributed by atoms with Gasteiger partial charge in [0.2, 0.25) is 0 Å². The number of aromatic nitrogens is 2. The summed E-state index contributed by atoms with van der Waals surface area (Å²) in [5.74, 6) is 2.17. The molecule has 1 atom stereocenters. The molecule has 32 heavy (non-hydrogen) atoms. The van der Waals surface area contributed by atoms with Crippen molar-refractivity contribution >= 4 is 22.5 Å². The molecule has 0 aliphatic carbocycles. The molecule has 0 saturated carbocycles. The first-order valence-corrected chi connectivity index (χ1v) is 10.9. The Kier molecular flexibility index (Phi) is 6.60. The number of benzene rings is 2. The molecule has 3 aromatic rings. The van der Waals surface area contributed by atoms with E-state index in [4.69, 9.17) is 9.47 Å². The van der Waals surface area contributed by atoms with Gasteiger partial charge < -0.3 is 14.4 Å². The first kappa shape index (κ1) is 22.1. The molecule has 1 aromatic heterocycles. The van der Waals surface area contributed by atoms with Gasteiger partial charge in [-0.05, 0) is 37.3 Å². The Hall–Kier alpha value is -3.13. The molecule has 0 radical (unpaired) electrons. The Labute approximate surface area is 187 Å². The van der Waals surface area contributed by atoms with Gasteiger partial charge in [0.15, 0.2) is 11.6 Å². The van der Waals surface area contributed by atoms with E-state index in [1.54, 1.807) is 25.3 Å². The fourth-order valence-corrected chi connectivity index (χ4v) is 4.14. The standard InChI is InChI=1S/C24H29FN4O3/c1-16(15-32-19-5-7-20(17(2)30)23(13-19)31-3)14-28-8-10-29(11-9-28)24-21-6-4-18(25)12-22(21)26-27-24/h4-7,12-13,16H,8-11,14-15H2,1-3H3,(H,26,27)/t16-/m0/s1. The second-order valence-electron chi connectivity index (χ2n) is 8.36. The van der Waals surface area contributed by atoms with Crippen LogP contribution in [0.4, 0.5) is 10.2 Å². The monoisotopic (exact) mass is 440 g/mol. The van der Waals surface area contributed by atoms with Gasteiger partial charge in [-0.15, -0.1) is 0 Å². The van der Waals surface area contributed by atoms with Crippen molar-refractivity contribution in [2.75, 3.05) is 51.3 Å². The normalized spacial score (nSPS) is 15.7. The molecule has 1 N–H and O–H groups in total. The van der Waals surface area contributed by atoms with Crippen LogP contribution in [0.3, 0.4) is 0 Å². The SMILES string of the molecule is COc1cc(OC[C@@H](C)CN2CCN(c3n[nH]c4cc(F)ccc34)CC2)ccc1C(C)=O. The van der Waals surface area contributed by atoms with Crippen LogP contribution >= 0.6 is 0 Å². The van der Waals surface area contributed by atoms with Crippen LogP contribution in [0.1, 0.15) is 24.2 Å². The summed E-state index contributed by atoms with van der Waals surface area (Å²) in [6.07, 6.45) is 0. The van der Waals surface area contributed by atoms with Gasteiger partial charge >= 0.3 is 0 Å². The van der Waals surface area contributed by atoms with Crippen LogP contribution in [0, 0.1) is 11.7 Å². The Morgan fingerprint density at radius 1 is 1.19 bits per heavy atom. The van der Waals surface area contributed by atoms with Gasteiger partial charge in [-0.2, -0.15) is 5.10 Å². The number of carbonyl (C=O) groups is 1.